The zero-order chi connectivity index (χ0) is 20.6. The standard InChI is InChI=1S/C23H30N2O4/c1-17-4-6-20(18(2)12-17)15-24-14-19-5-7-21(22(13-19)27-3)29-16-23(26)25-8-10-28-11-9-25/h4-7,12-13,24H,8-11,14-16H2,1-3H3. The monoisotopic (exact) mass is 398 g/mol. The summed E-state index contributed by atoms with van der Waals surface area (Å²) >= 11 is 0. The summed E-state index contributed by atoms with van der Waals surface area (Å²) in [5.74, 6) is 1.17. The molecule has 1 fully saturated rings. The van der Waals surface area contributed by atoms with E-state index in [1.165, 1.54) is 16.7 Å². The van der Waals surface area contributed by atoms with Crippen molar-refractivity contribution >= 4 is 5.91 Å². The van der Waals surface area contributed by atoms with Gasteiger partial charge in [0.1, 0.15) is 0 Å². The molecule has 0 aliphatic carbocycles. The number of amides is 1. The molecule has 0 spiro atoms. The van der Waals surface area contributed by atoms with Gasteiger partial charge in [-0.3, -0.25) is 4.79 Å². The molecule has 1 heterocycles. The van der Waals surface area contributed by atoms with Crippen LogP contribution in [0.3, 0.4) is 0 Å². The predicted octanol–water partition coefficient (Wildman–Crippen LogP) is 2.84. The van der Waals surface area contributed by atoms with Crippen LogP contribution in [0, 0.1) is 13.8 Å². The van der Waals surface area contributed by atoms with Crippen molar-refractivity contribution in [2.75, 3.05) is 40.0 Å². The predicted molar refractivity (Wildman–Crippen MR) is 112 cm³/mol. The number of hydrogen-bond donors (Lipinski definition) is 1. The third kappa shape index (κ3) is 5.95. The van der Waals surface area contributed by atoms with Gasteiger partial charge in [-0.15, -0.1) is 0 Å². The number of ether oxygens (including phenoxy) is 3. The molecule has 1 aliphatic heterocycles. The Balaban J connectivity index is 1.53. The molecular formula is C23H30N2O4. The number of benzene rings is 2. The first-order valence-electron chi connectivity index (χ1n) is 9.99. The maximum atomic E-state index is 12.3. The maximum absolute atomic E-state index is 12.3. The van der Waals surface area contributed by atoms with Gasteiger partial charge >= 0.3 is 0 Å². The van der Waals surface area contributed by atoms with Crippen molar-refractivity contribution in [3.8, 4) is 11.5 Å². The highest BCUT2D eigenvalue weighted by molar-refractivity contribution is 5.78. The fourth-order valence-electron chi connectivity index (χ4n) is 3.37. The van der Waals surface area contributed by atoms with E-state index in [4.69, 9.17) is 14.2 Å². The Bertz CT molecular complexity index is 832. The number of methoxy groups -OCH3 is 1. The van der Waals surface area contributed by atoms with E-state index in [2.05, 4.69) is 37.4 Å². The fraction of sp³-hybridized carbons (Fsp3) is 0.435. The first kappa shape index (κ1) is 21.1. The Morgan fingerprint density at radius 3 is 2.59 bits per heavy atom. The molecule has 0 unspecified atom stereocenters. The van der Waals surface area contributed by atoms with E-state index in [1.54, 1.807) is 12.0 Å². The van der Waals surface area contributed by atoms with E-state index < -0.39 is 0 Å². The highest BCUT2D eigenvalue weighted by atomic mass is 16.5. The summed E-state index contributed by atoms with van der Waals surface area (Å²) in [6.07, 6.45) is 0. The summed E-state index contributed by atoms with van der Waals surface area (Å²) < 4.78 is 16.5. The van der Waals surface area contributed by atoms with E-state index >= 15 is 0 Å². The number of morpholine rings is 1. The van der Waals surface area contributed by atoms with Crippen LogP contribution in [0.1, 0.15) is 22.3 Å². The van der Waals surface area contributed by atoms with Gasteiger partial charge in [0, 0.05) is 26.2 Å². The number of nitrogens with one attached hydrogen (secondary N) is 1. The second kappa shape index (κ2) is 10.3. The summed E-state index contributed by atoms with van der Waals surface area (Å²) in [7, 11) is 1.61. The van der Waals surface area contributed by atoms with Gasteiger partial charge in [-0.2, -0.15) is 0 Å². The lowest BCUT2D eigenvalue weighted by atomic mass is 10.1. The largest absolute Gasteiger partial charge is 0.493 e. The van der Waals surface area contributed by atoms with Crippen LogP contribution in [0.2, 0.25) is 0 Å². The molecule has 29 heavy (non-hydrogen) atoms. The van der Waals surface area contributed by atoms with Gasteiger partial charge in [0.15, 0.2) is 18.1 Å². The minimum atomic E-state index is -0.0328. The van der Waals surface area contributed by atoms with Gasteiger partial charge < -0.3 is 24.4 Å². The molecule has 1 amide bonds. The van der Waals surface area contributed by atoms with Gasteiger partial charge in [-0.25, -0.2) is 0 Å². The van der Waals surface area contributed by atoms with E-state index in [0.717, 1.165) is 18.7 Å². The second-order valence-electron chi connectivity index (χ2n) is 7.30. The molecule has 6 nitrogen and oxygen atoms in total. The van der Waals surface area contributed by atoms with Gasteiger partial charge in [-0.1, -0.05) is 29.8 Å². The van der Waals surface area contributed by atoms with Gasteiger partial charge in [0.2, 0.25) is 0 Å². The Labute approximate surface area is 172 Å². The summed E-state index contributed by atoms with van der Waals surface area (Å²) in [5, 5.41) is 3.47. The van der Waals surface area contributed by atoms with Gasteiger partial charge in [0.25, 0.3) is 5.91 Å². The molecule has 0 saturated carbocycles. The van der Waals surface area contributed by atoms with Gasteiger partial charge in [0.05, 0.1) is 20.3 Å². The van der Waals surface area contributed by atoms with Crippen LogP contribution in [0.15, 0.2) is 36.4 Å². The molecule has 0 bridgehead atoms. The zero-order valence-electron chi connectivity index (χ0n) is 17.5. The Kier molecular flexibility index (Phi) is 7.49. The fourth-order valence-corrected chi connectivity index (χ4v) is 3.37. The van der Waals surface area contributed by atoms with Crippen LogP contribution in [0.25, 0.3) is 0 Å². The lowest BCUT2D eigenvalue weighted by Gasteiger charge is -2.26. The number of carbonyl (C=O) groups is 1. The lowest BCUT2D eigenvalue weighted by Crippen LogP contribution is -2.43. The molecule has 6 heteroatoms. The van der Waals surface area contributed by atoms with Crippen LogP contribution in [-0.4, -0.2) is 50.8 Å². The van der Waals surface area contributed by atoms with Crippen molar-refractivity contribution in [1.29, 1.82) is 0 Å². The van der Waals surface area contributed by atoms with Gasteiger partial charge in [-0.05, 0) is 42.7 Å². The first-order chi connectivity index (χ1) is 14.1. The molecule has 0 aromatic heterocycles. The van der Waals surface area contributed by atoms with Crippen molar-refractivity contribution in [3.05, 3.63) is 58.7 Å². The minimum absolute atomic E-state index is 0.000652. The normalized spacial score (nSPS) is 14.0. The highest BCUT2D eigenvalue weighted by Gasteiger charge is 2.18. The molecule has 1 aliphatic rings. The Hall–Kier alpha value is -2.57. The van der Waals surface area contributed by atoms with Crippen molar-refractivity contribution < 1.29 is 19.0 Å². The number of aryl methyl sites for hydroxylation is 2. The summed E-state index contributed by atoms with van der Waals surface area (Å²) in [6.45, 7) is 8.16. The summed E-state index contributed by atoms with van der Waals surface area (Å²) in [5.41, 5.74) is 4.96. The smallest absolute Gasteiger partial charge is 0.260 e. The number of nitrogens with zero attached hydrogens (tertiary/aromatic N) is 1. The third-order valence-corrected chi connectivity index (χ3v) is 5.09. The quantitative estimate of drug-likeness (QED) is 0.741. The number of hydrogen-bond acceptors (Lipinski definition) is 5. The molecule has 1 N–H and O–H groups in total. The van der Waals surface area contributed by atoms with E-state index in [-0.39, 0.29) is 12.5 Å². The molecule has 2 aromatic rings. The topological polar surface area (TPSA) is 60.0 Å². The van der Waals surface area contributed by atoms with Crippen molar-refractivity contribution in [2.24, 2.45) is 0 Å². The highest BCUT2D eigenvalue weighted by Crippen LogP contribution is 2.28. The molecule has 1 saturated heterocycles. The minimum Gasteiger partial charge on any atom is -0.493 e. The van der Waals surface area contributed by atoms with Crippen LogP contribution in [0.5, 0.6) is 11.5 Å². The van der Waals surface area contributed by atoms with Crippen molar-refractivity contribution in [2.45, 2.75) is 26.9 Å². The summed E-state index contributed by atoms with van der Waals surface area (Å²) in [6, 6.07) is 12.3. The molecular weight excluding hydrogens is 368 g/mol. The van der Waals surface area contributed by atoms with Crippen LogP contribution >= 0.6 is 0 Å². The van der Waals surface area contributed by atoms with Crippen LogP contribution in [-0.2, 0) is 22.6 Å². The first-order valence-corrected chi connectivity index (χ1v) is 9.99. The molecule has 2 aromatic carbocycles. The molecule has 156 valence electrons. The van der Waals surface area contributed by atoms with E-state index in [1.807, 2.05) is 18.2 Å². The average molecular weight is 399 g/mol. The number of carbonyl (C=O) groups excluding carboxylic acids is 1. The zero-order valence-corrected chi connectivity index (χ0v) is 17.5. The maximum Gasteiger partial charge on any atom is 0.260 e. The summed E-state index contributed by atoms with van der Waals surface area (Å²) in [4.78, 5) is 14.0. The lowest BCUT2D eigenvalue weighted by molar-refractivity contribution is -0.137. The van der Waals surface area contributed by atoms with Crippen molar-refractivity contribution in [3.63, 3.8) is 0 Å². The third-order valence-electron chi connectivity index (χ3n) is 5.09. The van der Waals surface area contributed by atoms with E-state index in [9.17, 15) is 4.79 Å². The SMILES string of the molecule is COc1cc(CNCc2ccc(C)cc2C)ccc1OCC(=O)N1CCOCC1. The molecule has 0 radical (unpaired) electrons. The molecule has 3 rings (SSSR count). The second-order valence-corrected chi connectivity index (χ2v) is 7.30. The Morgan fingerprint density at radius 2 is 1.86 bits per heavy atom. The molecule has 0 atom stereocenters. The van der Waals surface area contributed by atoms with Crippen molar-refractivity contribution in [1.82, 2.24) is 10.2 Å². The number of rotatable bonds is 8. The average Bonchev–Trinajstić information content (AvgIpc) is 2.74. The van der Waals surface area contributed by atoms with Crippen LogP contribution in [0.4, 0.5) is 0 Å². The van der Waals surface area contributed by atoms with Crippen LogP contribution < -0.4 is 14.8 Å². The van der Waals surface area contributed by atoms with E-state index in [0.29, 0.717) is 37.8 Å². The Morgan fingerprint density at radius 1 is 1.07 bits per heavy atom.